The molecule has 2 aromatic carbocycles. The molecule has 0 bridgehead atoms. The van der Waals surface area contributed by atoms with Gasteiger partial charge in [-0.05, 0) is 55.5 Å². The van der Waals surface area contributed by atoms with Crippen molar-refractivity contribution in [2.45, 2.75) is 43.9 Å². The van der Waals surface area contributed by atoms with Gasteiger partial charge in [0, 0.05) is 0 Å². The van der Waals surface area contributed by atoms with Crippen LogP contribution in [0.3, 0.4) is 0 Å². The number of rotatable bonds is 10. The predicted molar refractivity (Wildman–Crippen MR) is 115 cm³/mol. The van der Waals surface area contributed by atoms with Gasteiger partial charge in [-0.1, -0.05) is 37.6 Å². The van der Waals surface area contributed by atoms with Crippen LogP contribution in [-0.2, 0) is 19.7 Å². The third kappa shape index (κ3) is 5.13. The second-order valence-electron chi connectivity index (χ2n) is 7.50. The highest BCUT2D eigenvalue weighted by Crippen LogP contribution is 2.40. The maximum Gasteiger partial charge on any atom is 0.296 e. The highest BCUT2D eigenvalue weighted by molar-refractivity contribution is 7.86. The van der Waals surface area contributed by atoms with Gasteiger partial charge in [0.2, 0.25) is 0 Å². The molecular formula is C23H29NO5S. The molecule has 0 aromatic heterocycles. The number of methoxy groups -OCH3 is 2. The SMILES string of the molecule is COc1ccc([C@](C#N)(CCCOS(=O)(=O)c2ccc(C)cc2)C(C)C)cc1OC. The van der Waals surface area contributed by atoms with Crippen LogP contribution in [0.4, 0.5) is 0 Å². The summed E-state index contributed by atoms with van der Waals surface area (Å²) in [5.41, 5.74) is 0.968. The summed E-state index contributed by atoms with van der Waals surface area (Å²) in [6, 6.07) is 14.4. The topological polar surface area (TPSA) is 85.6 Å². The summed E-state index contributed by atoms with van der Waals surface area (Å²) in [5.74, 6) is 1.13. The Hall–Kier alpha value is -2.56. The van der Waals surface area contributed by atoms with Gasteiger partial charge >= 0.3 is 0 Å². The Kier molecular flexibility index (Phi) is 7.88. The molecule has 0 fully saturated rings. The summed E-state index contributed by atoms with van der Waals surface area (Å²) < 4.78 is 40.6. The molecule has 0 spiro atoms. The van der Waals surface area contributed by atoms with Gasteiger partial charge in [-0.15, -0.1) is 0 Å². The van der Waals surface area contributed by atoms with Gasteiger partial charge in [-0.2, -0.15) is 13.7 Å². The minimum absolute atomic E-state index is 0.000348. The van der Waals surface area contributed by atoms with Crippen molar-refractivity contribution in [3.05, 3.63) is 53.6 Å². The Balaban J connectivity index is 2.16. The first-order chi connectivity index (χ1) is 14.2. The summed E-state index contributed by atoms with van der Waals surface area (Å²) in [4.78, 5) is 0.128. The number of hydrogen-bond donors (Lipinski definition) is 0. The van der Waals surface area contributed by atoms with Crippen LogP contribution in [0, 0.1) is 24.2 Å². The fraction of sp³-hybridized carbons (Fsp3) is 0.435. The van der Waals surface area contributed by atoms with E-state index in [-0.39, 0.29) is 17.4 Å². The maximum atomic E-state index is 12.4. The number of benzene rings is 2. The zero-order chi connectivity index (χ0) is 22.4. The average molecular weight is 432 g/mol. The minimum Gasteiger partial charge on any atom is -0.493 e. The van der Waals surface area contributed by atoms with Crippen LogP contribution in [0.2, 0.25) is 0 Å². The summed E-state index contributed by atoms with van der Waals surface area (Å²) in [7, 11) is -0.716. The lowest BCUT2D eigenvalue weighted by Gasteiger charge is -2.32. The first-order valence-corrected chi connectivity index (χ1v) is 11.2. The quantitative estimate of drug-likeness (QED) is 0.403. The standard InChI is InChI=1S/C23H29NO5S/c1-17(2)23(16-24,19-9-12-21(27-4)22(15-19)28-5)13-6-14-29-30(25,26)20-10-7-18(3)8-11-20/h7-12,15,17H,6,13-14H2,1-5H3/t23-/m0/s1. The Labute approximate surface area is 179 Å². The summed E-state index contributed by atoms with van der Waals surface area (Å²) in [6.07, 6.45) is 0.852. The van der Waals surface area contributed by atoms with Crippen molar-refractivity contribution in [3.63, 3.8) is 0 Å². The van der Waals surface area contributed by atoms with Crippen LogP contribution >= 0.6 is 0 Å². The lowest BCUT2D eigenvalue weighted by molar-refractivity contribution is 0.276. The molecule has 30 heavy (non-hydrogen) atoms. The van der Waals surface area contributed by atoms with Crippen molar-refractivity contribution in [2.24, 2.45) is 5.92 Å². The normalized spacial score (nSPS) is 13.5. The lowest BCUT2D eigenvalue weighted by atomic mass is 9.70. The Morgan fingerprint density at radius 2 is 1.67 bits per heavy atom. The minimum atomic E-state index is -3.83. The zero-order valence-electron chi connectivity index (χ0n) is 18.1. The number of aryl methyl sites for hydroxylation is 1. The summed E-state index contributed by atoms with van der Waals surface area (Å²) >= 11 is 0. The second kappa shape index (κ2) is 9.96. The van der Waals surface area contributed by atoms with E-state index in [0.717, 1.165) is 11.1 Å². The lowest BCUT2D eigenvalue weighted by Crippen LogP contribution is -2.31. The van der Waals surface area contributed by atoms with Gasteiger partial charge in [-0.3, -0.25) is 4.18 Å². The average Bonchev–Trinajstić information content (AvgIpc) is 2.73. The largest absolute Gasteiger partial charge is 0.493 e. The zero-order valence-corrected chi connectivity index (χ0v) is 19.0. The van der Waals surface area contributed by atoms with Crippen LogP contribution in [0.5, 0.6) is 11.5 Å². The van der Waals surface area contributed by atoms with Crippen molar-refractivity contribution in [2.75, 3.05) is 20.8 Å². The van der Waals surface area contributed by atoms with Gasteiger partial charge in [0.15, 0.2) is 11.5 Å². The molecule has 0 unspecified atom stereocenters. The van der Waals surface area contributed by atoms with E-state index in [2.05, 4.69) is 6.07 Å². The molecule has 0 aliphatic heterocycles. The second-order valence-corrected chi connectivity index (χ2v) is 9.12. The smallest absolute Gasteiger partial charge is 0.296 e. The van der Waals surface area contributed by atoms with E-state index >= 15 is 0 Å². The molecule has 2 aromatic rings. The monoisotopic (exact) mass is 431 g/mol. The third-order valence-electron chi connectivity index (χ3n) is 5.35. The van der Waals surface area contributed by atoms with E-state index in [1.54, 1.807) is 32.4 Å². The van der Waals surface area contributed by atoms with Crippen molar-refractivity contribution in [1.82, 2.24) is 0 Å². The van der Waals surface area contributed by atoms with E-state index in [4.69, 9.17) is 13.7 Å². The molecule has 0 saturated carbocycles. The van der Waals surface area contributed by atoms with E-state index in [1.807, 2.05) is 32.9 Å². The van der Waals surface area contributed by atoms with Crippen molar-refractivity contribution in [3.8, 4) is 17.6 Å². The summed E-state index contributed by atoms with van der Waals surface area (Å²) in [5, 5.41) is 10.1. The van der Waals surface area contributed by atoms with Gasteiger partial charge in [0.05, 0.1) is 37.2 Å². The predicted octanol–water partition coefficient (Wildman–Crippen LogP) is 4.62. The molecule has 6 nitrogen and oxygen atoms in total. The number of nitrogens with zero attached hydrogens (tertiary/aromatic N) is 1. The molecule has 2 rings (SSSR count). The highest BCUT2D eigenvalue weighted by Gasteiger charge is 2.36. The fourth-order valence-corrected chi connectivity index (χ4v) is 4.36. The van der Waals surface area contributed by atoms with E-state index in [1.165, 1.54) is 12.1 Å². The van der Waals surface area contributed by atoms with Crippen LogP contribution in [0.1, 0.15) is 37.8 Å². The number of ether oxygens (including phenoxy) is 2. The van der Waals surface area contributed by atoms with Crippen molar-refractivity contribution in [1.29, 1.82) is 5.26 Å². The maximum absolute atomic E-state index is 12.4. The molecule has 0 aliphatic rings. The van der Waals surface area contributed by atoms with E-state index < -0.39 is 15.5 Å². The molecule has 0 saturated heterocycles. The first-order valence-electron chi connectivity index (χ1n) is 9.80. The van der Waals surface area contributed by atoms with E-state index in [9.17, 15) is 13.7 Å². The van der Waals surface area contributed by atoms with Crippen LogP contribution in [0.15, 0.2) is 47.4 Å². The molecule has 0 radical (unpaired) electrons. The Bertz CT molecular complexity index is 993. The molecule has 7 heteroatoms. The Morgan fingerprint density at radius 1 is 1.03 bits per heavy atom. The van der Waals surface area contributed by atoms with Gasteiger partial charge in [0.25, 0.3) is 10.1 Å². The highest BCUT2D eigenvalue weighted by atomic mass is 32.2. The van der Waals surface area contributed by atoms with Gasteiger partial charge < -0.3 is 9.47 Å². The number of nitriles is 1. The van der Waals surface area contributed by atoms with Crippen LogP contribution in [-0.4, -0.2) is 29.2 Å². The van der Waals surface area contributed by atoms with Gasteiger partial charge in [0.1, 0.15) is 0 Å². The molecule has 162 valence electrons. The molecule has 0 aliphatic carbocycles. The van der Waals surface area contributed by atoms with Crippen molar-refractivity contribution >= 4 is 10.1 Å². The molecular weight excluding hydrogens is 402 g/mol. The molecule has 1 atom stereocenters. The third-order valence-corrected chi connectivity index (χ3v) is 6.67. The molecule has 0 amide bonds. The van der Waals surface area contributed by atoms with E-state index in [0.29, 0.717) is 24.3 Å². The van der Waals surface area contributed by atoms with Crippen LogP contribution < -0.4 is 9.47 Å². The Morgan fingerprint density at radius 3 is 2.20 bits per heavy atom. The molecule has 0 N–H and O–H groups in total. The number of hydrogen-bond acceptors (Lipinski definition) is 6. The first kappa shape index (κ1) is 23.7. The van der Waals surface area contributed by atoms with Gasteiger partial charge in [-0.25, -0.2) is 0 Å². The fourth-order valence-electron chi connectivity index (χ4n) is 3.42. The molecule has 0 heterocycles. The van der Waals surface area contributed by atoms with Crippen molar-refractivity contribution < 1.29 is 22.1 Å². The summed E-state index contributed by atoms with van der Waals surface area (Å²) in [6.45, 7) is 5.84. The van der Waals surface area contributed by atoms with Crippen LogP contribution in [0.25, 0.3) is 0 Å².